The molecule has 1 aliphatic rings. The minimum Gasteiger partial charge on any atom is -0.299 e. The normalized spacial score (nSPS) is 19.2. The zero-order chi connectivity index (χ0) is 17.2. The Hall–Kier alpha value is -0.930. The van der Waals surface area contributed by atoms with Crippen molar-refractivity contribution < 1.29 is 13.3 Å². The number of rotatable bonds is 6. The Morgan fingerprint density at radius 1 is 1.43 bits per heavy atom. The van der Waals surface area contributed by atoms with Gasteiger partial charge in [0.15, 0.2) is 0 Å². The van der Waals surface area contributed by atoms with E-state index in [-0.39, 0.29) is 17.6 Å². The van der Waals surface area contributed by atoms with Gasteiger partial charge in [-0.15, -0.1) is 0 Å². The molecular formula is C13H17Cl2N3O4S. The Balaban J connectivity index is 2.26. The van der Waals surface area contributed by atoms with E-state index in [0.29, 0.717) is 0 Å². The standard InChI is InChI=1S/C13H17Cl2N3O4S/c1-2-17-7-3-4-9(17)8-16-23(21,22)13-10(14)5-6-11(12(13)15)18(19)20/h5-6,9,16H,2-4,7-8H2,1H3. The molecule has 0 aliphatic carbocycles. The van der Waals surface area contributed by atoms with Crippen molar-refractivity contribution >= 4 is 38.9 Å². The third kappa shape index (κ3) is 3.95. The van der Waals surface area contributed by atoms with Crippen LogP contribution in [-0.2, 0) is 10.0 Å². The van der Waals surface area contributed by atoms with Gasteiger partial charge in [-0.25, -0.2) is 13.1 Å². The summed E-state index contributed by atoms with van der Waals surface area (Å²) < 4.78 is 27.4. The first-order valence-electron chi connectivity index (χ1n) is 7.14. The number of hydrogen-bond donors (Lipinski definition) is 1. The van der Waals surface area contributed by atoms with Crippen molar-refractivity contribution in [3.05, 3.63) is 32.3 Å². The highest BCUT2D eigenvalue weighted by molar-refractivity contribution is 7.89. The molecule has 1 aromatic rings. The van der Waals surface area contributed by atoms with Crippen molar-refractivity contribution in [2.45, 2.75) is 30.7 Å². The Morgan fingerprint density at radius 3 is 2.74 bits per heavy atom. The fraction of sp³-hybridized carbons (Fsp3) is 0.538. The van der Waals surface area contributed by atoms with Crippen molar-refractivity contribution in [2.75, 3.05) is 19.6 Å². The van der Waals surface area contributed by atoms with Gasteiger partial charge in [0, 0.05) is 18.7 Å². The second-order valence-electron chi connectivity index (χ2n) is 5.24. The molecule has 0 saturated carbocycles. The number of likely N-dealkylation sites (N-methyl/N-ethyl adjacent to an activating group) is 1. The summed E-state index contributed by atoms with van der Waals surface area (Å²) in [6.45, 7) is 4.00. The van der Waals surface area contributed by atoms with E-state index in [9.17, 15) is 18.5 Å². The fourth-order valence-corrected chi connectivity index (χ4v) is 5.00. The van der Waals surface area contributed by atoms with Gasteiger partial charge in [0.1, 0.15) is 9.92 Å². The molecule has 1 unspecified atom stereocenters. The summed E-state index contributed by atoms with van der Waals surface area (Å²) in [7, 11) is -4.04. The Bertz CT molecular complexity index is 711. The molecule has 0 spiro atoms. The molecule has 10 heteroatoms. The largest absolute Gasteiger partial charge is 0.299 e. The summed E-state index contributed by atoms with van der Waals surface area (Å²) in [6, 6.07) is 2.35. The van der Waals surface area contributed by atoms with E-state index in [1.54, 1.807) is 0 Å². The van der Waals surface area contributed by atoms with Crippen LogP contribution in [0.3, 0.4) is 0 Å². The minimum atomic E-state index is -4.04. The van der Waals surface area contributed by atoms with Gasteiger partial charge in [0.05, 0.1) is 9.95 Å². The first-order valence-corrected chi connectivity index (χ1v) is 9.38. The monoisotopic (exact) mass is 381 g/mol. The van der Waals surface area contributed by atoms with Crippen LogP contribution in [0.15, 0.2) is 17.0 Å². The van der Waals surface area contributed by atoms with Crippen LogP contribution in [0.2, 0.25) is 10.0 Å². The van der Waals surface area contributed by atoms with Gasteiger partial charge in [-0.3, -0.25) is 15.0 Å². The number of halogens is 2. The average Bonchev–Trinajstić information content (AvgIpc) is 2.92. The lowest BCUT2D eigenvalue weighted by molar-refractivity contribution is -0.384. The van der Waals surface area contributed by atoms with Gasteiger partial charge in [-0.1, -0.05) is 30.1 Å². The van der Waals surface area contributed by atoms with E-state index in [4.69, 9.17) is 23.2 Å². The zero-order valence-corrected chi connectivity index (χ0v) is 14.8. The molecular weight excluding hydrogens is 365 g/mol. The summed E-state index contributed by atoms with van der Waals surface area (Å²) in [4.78, 5) is 11.9. The predicted octanol–water partition coefficient (Wildman–Crippen LogP) is 2.66. The highest BCUT2D eigenvalue weighted by atomic mass is 35.5. The van der Waals surface area contributed by atoms with E-state index in [0.717, 1.165) is 38.1 Å². The molecule has 7 nitrogen and oxygen atoms in total. The third-order valence-corrected chi connectivity index (χ3v) is 6.34. The van der Waals surface area contributed by atoms with Crippen molar-refractivity contribution in [1.29, 1.82) is 0 Å². The lowest BCUT2D eigenvalue weighted by atomic mass is 10.2. The van der Waals surface area contributed by atoms with Crippen LogP contribution in [0.5, 0.6) is 0 Å². The van der Waals surface area contributed by atoms with E-state index >= 15 is 0 Å². The summed E-state index contributed by atoms with van der Waals surface area (Å²) in [5, 5.41) is 10.3. The molecule has 0 aromatic heterocycles. The summed E-state index contributed by atoms with van der Waals surface area (Å²) in [5.74, 6) is 0. The second-order valence-corrected chi connectivity index (χ2v) is 7.73. The molecule has 1 atom stereocenters. The Kier molecular flexibility index (Phi) is 5.85. The molecule has 1 N–H and O–H groups in total. The van der Waals surface area contributed by atoms with E-state index in [1.165, 1.54) is 0 Å². The number of nitrogens with one attached hydrogen (secondary N) is 1. The SMILES string of the molecule is CCN1CCCC1CNS(=O)(=O)c1c(Cl)ccc([N+](=O)[O-])c1Cl. The number of sulfonamides is 1. The number of nitro benzene ring substituents is 1. The third-order valence-electron chi connectivity index (χ3n) is 3.91. The smallest absolute Gasteiger partial charge is 0.289 e. The molecule has 0 radical (unpaired) electrons. The van der Waals surface area contributed by atoms with Gasteiger partial charge >= 0.3 is 0 Å². The molecule has 0 amide bonds. The number of likely N-dealkylation sites (tertiary alicyclic amines) is 1. The predicted molar refractivity (Wildman–Crippen MR) is 88.6 cm³/mol. The van der Waals surface area contributed by atoms with Gasteiger partial charge in [-0.2, -0.15) is 0 Å². The fourth-order valence-electron chi connectivity index (χ4n) is 2.73. The van der Waals surface area contributed by atoms with Gasteiger partial charge in [-0.05, 0) is 32.0 Å². The first-order chi connectivity index (χ1) is 10.8. The highest BCUT2D eigenvalue weighted by Gasteiger charge is 2.30. The zero-order valence-electron chi connectivity index (χ0n) is 12.5. The molecule has 0 bridgehead atoms. The van der Waals surface area contributed by atoms with E-state index < -0.39 is 30.6 Å². The van der Waals surface area contributed by atoms with Gasteiger partial charge in [0.25, 0.3) is 5.69 Å². The molecule has 23 heavy (non-hydrogen) atoms. The maximum Gasteiger partial charge on any atom is 0.289 e. The molecule has 1 aromatic carbocycles. The molecule has 2 rings (SSSR count). The van der Waals surface area contributed by atoms with E-state index in [1.807, 2.05) is 6.92 Å². The first kappa shape index (κ1) is 18.4. The molecule has 128 valence electrons. The summed E-state index contributed by atoms with van der Waals surface area (Å²) in [5.41, 5.74) is -0.493. The number of nitro groups is 1. The number of hydrogen-bond acceptors (Lipinski definition) is 5. The molecule has 1 heterocycles. The number of nitrogens with zero attached hydrogens (tertiary/aromatic N) is 2. The molecule has 1 fully saturated rings. The van der Waals surface area contributed by atoms with Gasteiger partial charge < -0.3 is 0 Å². The highest BCUT2D eigenvalue weighted by Crippen LogP contribution is 2.36. The van der Waals surface area contributed by atoms with Crippen molar-refractivity contribution in [3.63, 3.8) is 0 Å². The van der Waals surface area contributed by atoms with Crippen LogP contribution in [0.1, 0.15) is 19.8 Å². The quantitative estimate of drug-likeness (QED) is 0.603. The molecule has 1 aliphatic heterocycles. The lowest BCUT2D eigenvalue weighted by Crippen LogP contribution is -2.40. The van der Waals surface area contributed by atoms with Gasteiger partial charge in [0.2, 0.25) is 10.0 Å². The van der Waals surface area contributed by atoms with Crippen LogP contribution in [0, 0.1) is 10.1 Å². The maximum atomic E-state index is 12.5. The van der Waals surface area contributed by atoms with Crippen LogP contribution < -0.4 is 4.72 Å². The topological polar surface area (TPSA) is 92.6 Å². The molecule has 1 saturated heterocycles. The van der Waals surface area contributed by atoms with Crippen LogP contribution >= 0.6 is 23.2 Å². The summed E-state index contributed by atoms with van der Waals surface area (Å²) >= 11 is 11.8. The summed E-state index contributed by atoms with van der Waals surface area (Å²) in [6.07, 6.45) is 1.91. The van der Waals surface area contributed by atoms with Crippen molar-refractivity contribution in [3.8, 4) is 0 Å². The van der Waals surface area contributed by atoms with E-state index in [2.05, 4.69) is 9.62 Å². The van der Waals surface area contributed by atoms with Crippen molar-refractivity contribution in [1.82, 2.24) is 9.62 Å². The van der Waals surface area contributed by atoms with Crippen LogP contribution in [0.25, 0.3) is 0 Å². The lowest BCUT2D eigenvalue weighted by Gasteiger charge is -2.23. The average molecular weight is 382 g/mol. The Morgan fingerprint density at radius 2 is 2.13 bits per heavy atom. The van der Waals surface area contributed by atoms with Crippen molar-refractivity contribution in [2.24, 2.45) is 0 Å². The minimum absolute atomic E-state index is 0.103. The van der Waals surface area contributed by atoms with Crippen LogP contribution in [-0.4, -0.2) is 43.9 Å². The van der Waals surface area contributed by atoms with Crippen LogP contribution in [0.4, 0.5) is 5.69 Å². The maximum absolute atomic E-state index is 12.5. The Labute approximate surface area is 144 Å². The number of benzene rings is 1. The second kappa shape index (κ2) is 7.31.